The Morgan fingerprint density at radius 3 is 2.50 bits per heavy atom. The summed E-state index contributed by atoms with van der Waals surface area (Å²) in [6, 6.07) is 16.7. The van der Waals surface area contributed by atoms with Crippen molar-refractivity contribution in [3.8, 4) is 5.75 Å². The first-order valence-electron chi connectivity index (χ1n) is 5.94. The number of benzene rings is 2. The Labute approximate surface area is 121 Å². The molecule has 0 amide bonds. The molecule has 2 rings (SSSR count). The van der Waals surface area contributed by atoms with Crippen LogP contribution in [0, 0.1) is 10.1 Å². The van der Waals surface area contributed by atoms with Gasteiger partial charge in [0.25, 0.3) is 0 Å². The minimum absolute atomic E-state index is 0.391. The highest BCUT2D eigenvalue weighted by Crippen LogP contribution is 2.23. The molecule has 0 radical (unpaired) electrons. The van der Waals surface area contributed by atoms with Gasteiger partial charge in [-0.05, 0) is 23.2 Å². The summed E-state index contributed by atoms with van der Waals surface area (Å²) in [7, 11) is 0. The van der Waals surface area contributed by atoms with Crippen LogP contribution in [0.4, 0.5) is 0 Å². The first kappa shape index (κ1) is 14.1. The molecule has 0 N–H and O–H groups in total. The molecule has 2 aromatic carbocycles. The van der Waals surface area contributed by atoms with Crippen LogP contribution < -0.4 is 4.74 Å². The van der Waals surface area contributed by atoms with E-state index in [0.29, 0.717) is 17.9 Å². The summed E-state index contributed by atoms with van der Waals surface area (Å²) in [6.07, 6.45) is 1.28. The topological polar surface area (TPSA) is 52.4 Å². The molecule has 0 fully saturated rings. The highest BCUT2D eigenvalue weighted by atomic mass is 35.5. The summed E-state index contributed by atoms with van der Waals surface area (Å²) < 4.78 is 5.68. The Bertz CT molecular complexity index is 626. The lowest BCUT2D eigenvalue weighted by molar-refractivity contribution is -0.410. The summed E-state index contributed by atoms with van der Waals surface area (Å²) in [6.45, 7) is 0.391. The molecule has 0 heterocycles. The van der Waals surface area contributed by atoms with Crippen molar-refractivity contribution in [2.45, 2.75) is 6.61 Å². The molecule has 20 heavy (non-hydrogen) atoms. The molecule has 4 nitrogen and oxygen atoms in total. The van der Waals surface area contributed by atoms with Crippen molar-refractivity contribution >= 4 is 17.7 Å². The maximum absolute atomic E-state index is 10.6. The lowest BCUT2D eigenvalue weighted by Gasteiger charge is -2.08. The van der Waals surface area contributed by atoms with E-state index >= 15 is 0 Å². The summed E-state index contributed by atoms with van der Waals surface area (Å²) in [5, 5.41) is 10.1. The van der Waals surface area contributed by atoms with Crippen LogP contribution in [0.3, 0.4) is 0 Å². The molecule has 0 aliphatic heterocycles. The predicted octanol–water partition coefficient (Wildman–Crippen LogP) is 4.08. The van der Waals surface area contributed by atoms with Gasteiger partial charge in [0, 0.05) is 11.6 Å². The molecular formula is C15H12ClNO3. The fourth-order valence-corrected chi connectivity index (χ4v) is 1.77. The van der Waals surface area contributed by atoms with Gasteiger partial charge in [0.15, 0.2) is 0 Å². The summed E-state index contributed by atoms with van der Waals surface area (Å²) >= 11 is 5.55. The number of rotatable bonds is 5. The zero-order chi connectivity index (χ0) is 14.4. The first-order chi connectivity index (χ1) is 9.66. The molecule has 102 valence electrons. The summed E-state index contributed by atoms with van der Waals surface area (Å²) in [5.41, 5.74) is 1.59. The van der Waals surface area contributed by atoms with Crippen LogP contribution in [0.1, 0.15) is 11.1 Å². The van der Waals surface area contributed by atoms with Gasteiger partial charge < -0.3 is 4.74 Å². The van der Waals surface area contributed by atoms with Crippen molar-refractivity contribution in [3.63, 3.8) is 0 Å². The van der Waals surface area contributed by atoms with E-state index in [1.165, 1.54) is 6.08 Å². The standard InChI is InChI=1S/C15H12ClNO3/c16-15(17(18)19)10-13-8-4-5-9-14(13)20-11-12-6-2-1-3-7-12/h1-10H,11H2/b15-10+. The second kappa shape index (κ2) is 6.73. The van der Waals surface area contributed by atoms with Crippen molar-refractivity contribution in [1.82, 2.24) is 0 Å². The third-order valence-corrected chi connectivity index (χ3v) is 2.85. The molecule has 0 aliphatic carbocycles. The number of hydrogen-bond acceptors (Lipinski definition) is 3. The van der Waals surface area contributed by atoms with E-state index in [9.17, 15) is 10.1 Å². The van der Waals surface area contributed by atoms with E-state index in [1.54, 1.807) is 24.3 Å². The molecule has 0 saturated carbocycles. The summed E-state index contributed by atoms with van der Waals surface area (Å²) in [4.78, 5) is 9.92. The van der Waals surface area contributed by atoms with Gasteiger partial charge in [0.05, 0.1) is 4.92 Å². The van der Waals surface area contributed by atoms with Gasteiger partial charge in [-0.1, -0.05) is 48.5 Å². The quantitative estimate of drug-likeness (QED) is 0.473. The molecule has 0 aromatic heterocycles. The van der Waals surface area contributed by atoms with Crippen LogP contribution in [-0.4, -0.2) is 4.92 Å². The van der Waals surface area contributed by atoms with Crippen LogP contribution >= 0.6 is 11.6 Å². The lowest BCUT2D eigenvalue weighted by Crippen LogP contribution is -1.97. The van der Waals surface area contributed by atoms with E-state index in [4.69, 9.17) is 16.3 Å². The average Bonchev–Trinajstić information content (AvgIpc) is 2.47. The predicted molar refractivity (Wildman–Crippen MR) is 78.0 cm³/mol. The molecule has 0 spiro atoms. The smallest absolute Gasteiger partial charge is 0.337 e. The molecule has 0 aliphatic rings. The van der Waals surface area contributed by atoms with Gasteiger partial charge >= 0.3 is 5.16 Å². The van der Waals surface area contributed by atoms with E-state index in [1.807, 2.05) is 30.3 Å². The maximum Gasteiger partial charge on any atom is 0.337 e. The first-order valence-corrected chi connectivity index (χ1v) is 6.32. The van der Waals surface area contributed by atoms with Crippen molar-refractivity contribution in [2.24, 2.45) is 0 Å². The number of ether oxygens (including phenoxy) is 1. The Balaban J connectivity index is 2.16. The second-order valence-corrected chi connectivity index (χ2v) is 4.42. The van der Waals surface area contributed by atoms with Crippen LogP contribution in [-0.2, 0) is 6.61 Å². The van der Waals surface area contributed by atoms with Crippen molar-refractivity contribution < 1.29 is 9.66 Å². The van der Waals surface area contributed by atoms with Crippen LogP contribution in [0.5, 0.6) is 5.75 Å². The van der Waals surface area contributed by atoms with Crippen molar-refractivity contribution in [2.75, 3.05) is 0 Å². The molecule has 0 atom stereocenters. The van der Waals surface area contributed by atoms with Gasteiger partial charge in [0.2, 0.25) is 0 Å². The van der Waals surface area contributed by atoms with Crippen LogP contribution in [0.25, 0.3) is 6.08 Å². The van der Waals surface area contributed by atoms with Gasteiger partial charge in [-0.3, -0.25) is 10.1 Å². The second-order valence-electron chi connectivity index (χ2n) is 4.04. The van der Waals surface area contributed by atoms with E-state index in [-0.39, 0.29) is 0 Å². The van der Waals surface area contributed by atoms with Crippen LogP contribution in [0.2, 0.25) is 0 Å². The number of nitro groups is 1. The minimum Gasteiger partial charge on any atom is -0.488 e. The Hall–Kier alpha value is -2.33. The van der Waals surface area contributed by atoms with Crippen molar-refractivity contribution in [1.29, 1.82) is 0 Å². The van der Waals surface area contributed by atoms with E-state index in [0.717, 1.165) is 5.56 Å². The molecule has 0 bridgehead atoms. The fourth-order valence-electron chi connectivity index (χ4n) is 1.65. The molecule has 2 aromatic rings. The van der Waals surface area contributed by atoms with Gasteiger partial charge in [-0.2, -0.15) is 0 Å². The van der Waals surface area contributed by atoms with Gasteiger partial charge in [-0.15, -0.1) is 0 Å². The minimum atomic E-state index is -0.643. The Kier molecular flexibility index (Phi) is 4.74. The zero-order valence-electron chi connectivity index (χ0n) is 10.5. The fraction of sp³-hybridized carbons (Fsp3) is 0.0667. The normalized spacial score (nSPS) is 11.2. The Morgan fingerprint density at radius 1 is 1.15 bits per heavy atom. The summed E-state index contributed by atoms with van der Waals surface area (Å²) in [5.74, 6) is 0.552. The molecule has 0 unspecified atom stereocenters. The monoisotopic (exact) mass is 289 g/mol. The van der Waals surface area contributed by atoms with Crippen molar-refractivity contribution in [3.05, 3.63) is 81.0 Å². The average molecular weight is 290 g/mol. The van der Waals surface area contributed by atoms with Gasteiger partial charge in [0.1, 0.15) is 12.4 Å². The zero-order valence-corrected chi connectivity index (χ0v) is 11.3. The Morgan fingerprint density at radius 2 is 1.80 bits per heavy atom. The highest BCUT2D eigenvalue weighted by Gasteiger charge is 2.08. The number of nitrogens with zero attached hydrogens (tertiary/aromatic N) is 1. The van der Waals surface area contributed by atoms with E-state index < -0.39 is 10.1 Å². The number of para-hydroxylation sites is 1. The number of hydrogen-bond donors (Lipinski definition) is 0. The molecular weight excluding hydrogens is 278 g/mol. The molecule has 0 saturated heterocycles. The lowest BCUT2D eigenvalue weighted by atomic mass is 10.2. The molecule has 5 heteroatoms. The van der Waals surface area contributed by atoms with Gasteiger partial charge in [-0.25, -0.2) is 0 Å². The maximum atomic E-state index is 10.6. The number of halogens is 1. The van der Waals surface area contributed by atoms with Crippen LogP contribution in [0.15, 0.2) is 59.8 Å². The third-order valence-electron chi connectivity index (χ3n) is 2.61. The SMILES string of the molecule is O=[N+]([O-])/C(Cl)=C/c1ccccc1OCc1ccccc1. The highest BCUT2D eigenvalue weighted by molar-refractivity contribution is 6.29. The third kappa shape index (κ3) is 3.83. The largest absolute Gasteiger partial charge is 0.488 e. The van der Waals surface area contributed by atoms with E-state index in [2.05, 4.69) is 0 Å².